The quantitative estimate of drug-likeness (QED) is 0.840. The molecule has 1 amide bonds. The number of nitrogens with one attached hydrogen (secondary N) is 1. The summed E-state index contributed by atoms with van der Waals surface area (Å²) in [7, 11) is -1.03. The van der Waals surface area contributed by atoms with Crippen LogP contribution in [0.4, 0.5) is 0 Å². The number of rotatable bonds is 5. The van der Waals surface area contributed by atoms with Crippen LogP contribution in [0.1, 0.15) is 37.2 Å². The van der Waals surface area contributed by atoms with Gasteiger partial charge in [-0.05, 0) is 37.8 Å². The first kappa shape index (κ1) is 19.3. The van der Waals surface area contributed by atoms with E-state index in [-0.39, 0.29) is 24.4 Å². The van der Waals surface area contributed by atoms with Gasteiger partial charge < -0.3 is 4.90 Å². The highest BCUT2D eigenvalue weighted by Gasteiger charge is 2.46. The third-order valence-electron chi connectivity index (χ3n) is 5.95. The van der Waals surface area contributed by atoms with E-state index in [0.717, 1.165) is 45.2 Å². The van der Waals surface area contributed by atoms with Crippen LogP contribution in [0.25, 0.3) is 0 Å². The molecule has 6 nitrogen and oxygen atoms in total. The maximum Gasteiger partial charge on any atom is 0.223 e. The van der Waals surface area contributed by atoms with Crippen molar-refractivity contribution in [1.29, 1.82) is 0 Å². The van der Waals surface area contributed by atoms with Crippen LogP contribution in [0.5, 0.6) is 0 Å². The first-order valence-electron chi connectivity index (χ1n) is 9.28. The number of carbonyl (C=O) groups excluding carboxylic acids is 1. The van der Waals surface area contributed by atoms with Crippen LogP contribution in [-0.4, -0.2) is 69.1 Å². The topological polar surface area (TPSA) is 69.7 Å². The molecule has 1 N–H and O–H groups in total. The first-order chi connectivity index (χ1) is 12.3. The number of sulfonamides is 1. The lowest BCUT2D eigenvalue weighted by molar-refractivity contribution is -0.133. The Morgan fingerprint density at radius 3 is 2.50 bits per heavy atom. The fourth-order valence-corrected chi connectivity index (χ4v) is 4.88. The van der Waals surface area contributed by atoms with Crippen LogP contribution in [-0.2, 0) is 14.8 Å². The van der Waals surface area contributed by atoms with E-state index in [1.165, 1.54) is 5.56 Å². The summed E-state index contributed by atoms with van der Waals surface area (Å²) in [5.74, 6) is 0.596. The molecule has 1 spiro atoms. The first-order valence-corrected chi connectivity index (χ1v) is 11.2. The van der Waals surface area contributed by atoms with Gasteiger partial charge in [-0.15, -0.1) is 0 Å². The summed E-state index contributed by atoms with van der Waals surface area (Å²) in [6, 6.07) is 10.7. The maximum atomic E-state index is 12.3. The van der Waals surface area contributed by atoms with Crippen LogP contribution in [0.15, 0.2) is 30.3 Å². The third-order valence-corrected chi connectivity index (χ3v) is 6.68. The molecule has 2 aliphatic heterocycles. The average molecular weight is 380 g/mol. The van der Waals surface area contributed by atoms with E-state index in [9.17, 15) is 13.2 Å². The molecule has 0 saturated carbocycles. The summed E-state index contributed by atoms with van der Waals surface area (Å²) in [6.07, 6.45) is 4.45. The summed E-state index contributed by atoms with van der Waals surface area (Å²) in [5.41, 5.74) is 1.59. The van der Waals surface area contributed by atoms with Crippen LogP contribution >= 0.6 is 0 Å². The predicted molar refractivity (Wildman–Crippen MR) is 102 cm³/mol. The second kappa shape index (κ2) is 7.66. The molecule has 3 rings (SSSR count). The van der Waals surface area contributed by atoms with Crippen molar-refractivity contribution in [3.05, 3.63) is 35.9 Å². The summed E-state index contributed by atoms with van der Waals surface area (Å²) in [5, 5.41) is 0. The second-order valence-electron chi connectivity index (χ2n) is 7.71. The number of hydrogen-bond donors (Lipinski definition) is 1. The van der Waals surface area contributed by atoms with E-state index in [1.54, 1.807) is 0 Å². The van der Waals surface area contributed by atoms with Crippen molar-refractivity contribution in [2.75, 3.05) is 39.5 Å². The van der Waals surface area contributed by atoms with Gasteiger partial charge in [0.1, 0.15) is 0 Å². The van der Waals surface area contributed by atoms with Gasteiger partial charge in [0, 0.05) is 38.1 Å². The fraction of sp³-hybridized carbons (Fsp3) is 0.632. The molecule has 0 aliphatic carbocycles. The van der Waals surface area contributed by atoms with Crippen LogP contribution in [0, 0.1) is 0 Å². The molecule has 1 atom stereocenters. The molecule has 7 heteroatoms. The monoisotopic (exact) mass is 379 g/mol. The second-order valence-corrected chi connectivity index (χ2v) is 9.55. The van der Waals surface area contributed by atoms with Crippen molar-refractivity contribution in [3.63, 3.8) is 0 Å². The minimum Gasteiger partial charge on any atom is -0.343 e. The zero-order valence-electron chi connectivity index (χ0n) is 15.6. The lowest BCUT2D eigenvalue weighted by Gasteiger charge is -2.43. The van der Waals surface area contributed by atoms with Gasteiger partial charge >= 0.3 is 0 Å². The Bertz CT molecular complexity index is 728. The molecule has 144 valence electrons. The summed E-state index contributed by atoms with van der Waals surface area (Å²) < 4.78 is 24.6. The smallest absolute Gasteiger partial charge is 0.223 e. The molecule has 2 fully saturated rings. The number of piperidine rings is 1. The molecular formula is C19H29N3O3S. The molecule has 26 heavy (non-hydrogen) atoms. The summed E-state index contributed by atoms with van der Waals surface area (Å²) >= 11 is 0. The zero-order valence-corrected chi connectivity index (χ0v) is 16.5. The maximum absolute atomic E-state index is 12.3. The number of nitrogens with zero attached hydrogens (tertiary/aromatic N) is 2. The van der Waals surface area contributed by atoms with Crippen LogP contribution in [0.2, 0.25) is 0 Å². The molecule has 1 aromatic rings. The van der Waals surface area contributed by atoms with Crippen molar-refractivity contribution in [2.45, 2.75) is 37.1 Å². The van der Waals surface area contributed by atoms with E-state index >= 15 is 0 Å². The van der Waals surface area contributed by atoms with Gasteiger partial charge in [-0.1, -0.05) is 30.3 Å². The Hall–Kier alpha value is -1.44. The largest absolute Gasteiger partial charge is 0.343 e. The van der Waals surface area contributed by atoms with E-state index in [1.807, 2.05) is 4.90 Å². The lowest BCUT2D eigenvalue weighted by atomic mass is 9.81. The van der Waals surface area contributed by atoms with Gasteiger partial charge in [-0.2, -0.15) is 0 Å². The average Bonchev–Trinajstić information content (AvgIpc) is 2.91. The van der Waals surface area contributed by atoms with Gasteiger partial charge in [0.15, 0.2) is 0 Å². The Balaban J connectivity index is 1.53. The molecular weight excluding hydrogens is 350 g/mol. The molecule has 2 aliphatic rings. The van der Waals surface area contributed by atoms with Gasteiger partial charge in [0.2, 0.25) is 15.9 Å². The van der Waals surface area contributed by atoms with Gasteiger partial charge in [0.25, 0.3) is 0 Å². The van der Waals surface area contributed by atoms with Crippen molar-refractivity contribution in [2.24, 2.45) is 0 Å². The van der Waals surface area contributed by atoms with Crippen molar-refractivity contribution in [3.8, 4) is 0 Å². The molecule has 1 aromatic carbocycles. The van der Waals surface area contributed by atoms with Gasteiger partial charge in [-0.25, -0.2) is 13.1 Å². The molecule has 0 aromatic heterocycles. The predicted octanol–water partition coefficient (Wildman–Crippen LogP) is 1.41. The van der Waals surface area contributed by atoms with E-state index in [4.69, 9.17) is 0 Å². The normalized spacial score (nSPS) is 23.5. The fourth-order valence-electron chi connectivity index (χ4n) is 4.41. The highest BCUT2D eigenvalue weighted by Crippen LogP contribution is 2.43. The van der Waals surface area contributed by atoms with Crippen molar-refractivity contribution in [1.82, 2.24) is 14.5 Å². The third kappa shape index (κ3) is 4.45. The van der Waals surface area contributed by atoms with E-state index in [0.29, 0.717) is 5.92 Å². The SMILES string of the molecule is CN1C[C@H](c2ccccc2)CC12CCN(C(=O)CCNS(C)(=O)=O)CC2. The Labute approximate surface area is 156 Å². The zero-order chi connectivity index (χ0) is 18.8. The standard InChI is InChI=1S/C19H29N3O3S/c1-21-15-17(16-6-4-3-5-7-16)14-19(21)9-12-22(13-10-19)18(23)8-11-20-26(2,24)25/h3-7,17,20H,8-15H2,1-2H3/t17-/m1/s1. The Morgan fingerprint density at radius 2 is 1.88 bits per heavy atom. The van der Waals surface area contributed by atoms with Gasteiger partial charge in [0.05, 0.1) is 6.26 Å². The summed E-state index contributed by atoms with van der Waals surface area (Å²) in [4.78, 5) is 16.7. The van der Waals surface area contributed by atoms with Gasteiger partial charge in [-0.3, -0.25) is 9.69 Å². The molecule has 0 bridgehead atoms. The molecule has 0 radical (unpaired) electrons. The summed E-state index contributed by atoms with van der Waals surface area (Å²) in [6.45, 7) is 2.75. The number of carbonyl (C=O) groups is 1. The van der Waals surface area contributed by atoms with Crippen molar-refractivity contribution >= 4 is 15.9 Å². The number of amides is 1. The Kier molecular flexibility index (Phi) is 5.69. The lowest BCUT2D eigenvalue weighted by Crippen LogP contribution is -2.52. The molecule has 2 heterocycles. The Morgan fingerprint density at radius 1 is 1.23 bits per heavy atom. The minimum absolute atomic E-state index is 0.0382. The van der Waals surface area contributed by atoms with E-state index < -0.39 is 10.0 Å². The van der Waals surface area contributed by atoms with Crippen molar-refractivity contribution < 1.29 is 13.2 Å². The number of likely N-dealkylation sites (tertiary alicyclic amines) is 2. The van der Waals surface area contributed by atoms with E-state index in [2.05, 4.69) is 47.0 Å². The number of likely N-dealkylation sites (N-methyl/N-ethyl adjacent to an activating group) is 1. The highest BCUT2D eigenvalue weighted by atomic mass is 32.2. The highest BCUT2D eigenvalue weighted by molar-refractivity contribution is 7.88. The molecule has 0 unspecified atom stereocenters. The number of hydrogen-bond acceptors (Lipinski definition) is 4. The molecule has 2 saturated heterocycles. The van der Waals surface area contributed by atoms with Crippen LogP contribution in [0.3, 0.4) is 0 Å². The van der Waals surface area contributed by atoms with Crippen LogP contribution < -0.4 is 4.72 Å². The number of benzene rings is 1. The minimum atomic E-state index is -3.24.